The van der Waals surface area contributed by atoms with Gasteiger partial charge in [0.1, 0.15) is 0 Å². The molecular weight excluding hydrogens is 318 g/mol. The monoisotopic (exact) mass is 335 g/mol. The summed E-state index contributed by atoms with van der Waals surface area (Å²) in [4.78, 5) is 21.8. The van der Waals surface area contributed by atoms with Gasteiger partial charge in [0.05, 0.1) is 5.69 Å². The molecule has 0 aliphatic rings. The number of benzene rings is 1. The maximum Gasteiger partial charge on any atom is 0.251 e. The van der Waals surface area contributed by atoms with Crippen LogP contribution < -0.4 is 5.32 Å². The van der Waals surface area contributed by atoms with E-state index in [1.807, 2.05) is 54.8 Å². The topological polar surface area (TPSA) is 54.9 Å². The fraction of sp³-hybridized carbons (Fsp3) is 0.105. The van der Waals surface area contributed by atoms with E-state index in [9.17, 15) is 4.79 Å². The minimum Gasteiger partial charge on any atom is -0.348 e. The molecule has 1 N–H and O–H groups in total. The molecular formula is C19H17N3OS. The largest absolute Gasteiger partial charge is 0.348 e. The first-order valence-electron chi connectivity index (χ1n) is 7.54. The van der Waals surface area contributed by atoms with Crippen molar-refractivity contribution in [3.8, 4) is 11.3 Å². The van der Waals surface area contributed by atoms with Gasteiger partial charge in [-0.1, -0.05) is 0 Å². The Morgan fingerprint density at radius 2 is 1.79 bits per heavy atom. The second kappa shape index (κ2) is 7.75. The average Bonchev–Trinajstić information content (AvgIpc) is 2.67. The summed E-state index contributed by atoms with van der Waals surface area (Å²) in [6, 6.07) is 15.3. The minimum absolute atomic E-state index is 0.0788. The van der Waals surface area contributed by atoms with Crippen LogP contribution in [0.25, 0.3) is 11.3 Å². The number of aromatic nitrogens is 2. The second-order valence-electron chi connectivity index (χ2n) is 5.20. The summed E-state index contributed by atoms with van der Waals surface area (Å²) in [7, 11) is 0. The zero-order valence-corrected chi connectivity index (χ0v) is 14.1. The standard InChI is InChI=1S/C19H17N3OS/c1-24-17-4-2-16(3-5-17)19(23)22-13-14-6-11-21-18(12-14)15-7-9-20-10-8-15/h2-12H,13H2,1H3,(H,22,23). The number of thioether (sulfide) groups is 1. The summed E-state index contributed by atoms with van der Waals surface area (Å²) >= 11 is 1.66. The molecule has 0 unspecified atom stereocenters. The van der Waals surface area contributed by atoms with Gasteiger partial charge in [0, 0.05) is 41.2 Å². The Bertz CT molecular complexity index is 820. The Morgan fingerprint density at radius 1 is 1.04 bits per heavy atom. The number of nitrogens with one attached hydrogen (secondary N) is 1. The maximum absolute atomic E-state index is 12.2. The van der Waals surface area contributed by atoms with Crippen LogP contribution in [0.4, 0.5) is 0 Å². The summed E-state index contributed by atoms with van der Waals surface area (Å²) in [6.07, 6.45) is 7.25. The minimum atomic E-state index is -0.0788. The van der Waals surface area contributed by atoms with Crippen molar-refractivity contribution in [1.82, 2.24) is 15.3 Å². The highest BCUT2D eigenvalue weighted by Crippen LogP contribution is 2.17. The second-order valence-corrected chi connectivity index (χ2v) is 6.08. The number of hydrogen-bond donors (Lipinski definition) is 1. The highest BCUT2D eigenvalue weighted by molar-refractivity contribution is 7.98. The average molecular weight is 335 g/mol. The van der Waals surface area contributed by atoms with Crippen molar-refractivity contribution in [2.75, 3.05) is 6.26 Å². The molecule has 0 saturated carbocycles. The molecule has 0 bridgehead atoms. The first kappa shape index (κ1) is 16.2. The van der Waals surface area contributed by atoms with Gasteiger partial charge in [-0.05, 0) is 60.4 Å². The molecule has 0 spiro atoms. The Balaban J connectivity index is 1.67. The lowest BCUT2D eigenvalue weighted by Gasteiger charge is -2.07. The zero-order valence-electron chi connectivity index (χ0n) is 13.3. The molecule has 0 aliphatic carbocycles. The van der Waals surface area contributed by atoms with Gasteiger partial charge in [-0.3, -0.25) is 14.8 Å². The molecule has 0 radical (unpaired) electrons. The van der Waals surface area contributed by atoms with Gasteiger partial charge in [0.15, 0.2) is 0 Å². The molecule has 3 aromatic rings. The fourth-order valence-corrected chi connectivity index (χ4v) is 2.70. The van der Waals surface area contributed by atoms with E-state index in [0.29, 0.717) is 12.1 Å². The lowest BCUT2D eigenvalue weighted by atomic mass is 10.1. The number of carbonyl (C=O) groups is 1. The molecule has 2 heterocycles. The predicted molar refractivity (Wildman–Crippen MR) is 96.9 cm³/mol. The van der Waals surface area contributed by atoms with Crippen LogP contribution in [0, 0.1) is 0 Å². The van der Waals surface area contributed by atoms with Crippen molar-refractivity contribution in [2.45, 2.75) is 11.4 Å². The van der Waals surface area contributed by atoms with E-state index in [1.165, 1.54) is 0 Å². The highest BCUT2D eigenvalue weighted by atomic mass is 32.2. The number of nitrogens with zero attached hydrogens (tertiary/aromatic N) is 2. The number of pyridine rings is 2. The first-order chi connectivity index (χ1) is 11.8. The van der Waals surface area contributed by atoms with Crippen molar-refractivity contribution in [2.24, 2.45) is 0 Å². The SMILES string of the molecule is CSc1ccc(C(=O)NCc2ccnc(-c3ccncc3)c2)cc1. The van der Waals surface area contributed by atoms with E-state index in [4.69, 9.17) is 0 Å². The molecule has 120 valence electrons. The molecule has 0 aliphatic heterocycles. The fourth-order valence-electron chi connectivity index (χ4n) is 2.29. The molecule has 2 aromatic heterocycles. The number of carbonyl (C=O) groups excluding carboxylic acids is 1. The number of amides is 1. The number of rotatable bonds is 5. The summed E-state index contributed by atoms with van der Waals surface area (Å²) in [5.74, 6) is -0.0788. The Kier molecular flexibility index (Phi) is 5.23. The normalized spacial score (nSPS) is 10.4. The zero-order chi connectivity index (χ0) is 16.8. The van der Waals surface area contributed by atoms with Crippen LogP contribution in [0.15, 0.2) is 72.0 Å². The van der Waals surface area contributed by atoms with Crippen LogP contribution in [0.2, 0.25) is 0 Å². The predicted octanol–water partition coefficient (Wildman–Crippen LogP) is 3.80. The van der Waals surface area contributed by atoms with Crippen molar-refractivity contribution in [3.63, 3.8) is 0 Å². The summed E-state index contributed by atoms with van der Waals surface area (Å²) in [5, 5.41) is 2.95. The molecule has 0 saturated heterocycles. The molecule has 1 amide bonds. The van der Waals surface area contributed by atoms with Crippen LogP contribution in [-0.2, 0) is 6.54 Å². The van der Waals surface area contributed by atoms with Crippen molar-refractivity contribution >= 4 is 17.7 Å². The van der Waals surface area contributed by atoms with Crippen molar-refractivity contribution in [1.29, 1.82) is 0 Å². The van der Waals surface area contributed by atoms with Crippen LogP contribution in [-0.4, -0.2) is 22.1 Å². The van der Waals surface area contributed by atoms with E-state index in [1.54, 1.807) is 30.4 Å². The van der Waals surface area contributed by atoms with Gasteiger partial charge in [-0.2, -0.15) is 0 Å². The third-order valence-electron chi connectivity index (χ3n) is 3.61. The first-order valence-corrected chi connectivity index (χ1v) is 8.76. The molecule has 0 atom stereocenters. The van der Waals surface area contributed by atoms with E-state index < -0.39 is 0 Å². The lowest BCUT2D eigenvalue weighted by molar-refractivity contribution is 0.0951. The quantitative estimate of drug-likeness (QED) is 0.721. The molecule has 4 nitrogen and oxygen atoms in total. The summed E-state index contributed by atoms with van der Waals surface area (Å²) in [6.45, 7) is 0.462. The summed E-state index contributed by atoms with van der Waals surface area (Å²) < 4.78 is 0. The van der Waals surface area contributed by atoms with E-state index in [-0.39, 0.29) is 5.91 Å². The summed E-state index contributed by atoms with van der Waals surface area (Å²) in [5.41, 5.74) is 3.54. The molecule has 5 heteroatoms. The van der Waals surface area contributed by atoms with Gasteiger partial charge in [0.2, 0.25) is 0 Å². The van der Waals surface area contributed by atoms with Crippen molar-refractivity contribution < 1.29 is 4.79 Å². The smallest absolute Gasteiger partial charge is 0.251 e. The van der Waals surface area contributed by atoms with E-state index in [2.05, 4.69) is 15.3 Å². The van der Waals surface area contributed by atoms with Crippen LogP contribution in [0.5, 0.6) is 0 Å². The van der Waals surface area contributed by atoms with Gasteiger partial charge < -0.3 is 5.32 Å². The van der Waals surface area contributed by atoms with Gasteiger partial charge in [-0.15, -0.1) is 11.8 Å². The third-order valence-corrected chi connectivity index (χ3v) is 4.35. The van der Waals surface area contributed by atoms with Gasteiger partial charge in [0.25, 0.3) is 5.91 Å². The van der Waals surface area contributed by atoms with E-state index >= 15 is 0 Å². The Labute approximate surface area is 145 Å². The van der Waals surface area contributed by atoms with Crippen LogP contribution >= 0.6 is 11.8 Å². The highest BCUT2D eigenvalue weighted by Gasteiger charge is 2.06. The molecule has 3 rings (SSSR count). The molecule has 24 heavy (non-hydrogen) atoms. The molecule has 0 fully saturated rings. The van der Waals surface area contributed by atoms with E-state index in [0.717, 1.165) is 21.7 Å². The van der Waals surface area contributed by atoms with Crippen LogP contribution in [0.3, 0.4) is 0 Å². The Morgan fingerprint density at radius 3 is 2.50 bits per heavy atom. The number of hydrogen-bond acceptors (Lipinski definition) is 4. The lowest BCUT2D eigenvalue weighted by Crippen LogP contribution is -2.22. The van der Waals surface area contributed by atoms with Crippen molar-refractivity contribution in [3.05, 3.63) is 78.2 Å². The van der Waals surface area contributed by atoms with Gasteiger partial charge >= 0.3 is 0 Å². The Hall–Kier alpha value is -2.66. The third kappa shape index (κ3) is 4.00. The van der Waals surface area contributed by atoms with Crippen LogP contribution in [0.1, 0.15) is 15.9 Å². The van der Waals surface area contributed by atoms with Gasteiger partial charge in [-0.25, -0.2) is 0 Å². The maximum atomic E-state index is 12.2. The molecule has 1 aromatic carbocycles.